The van der Waals surface area contributed by atoms with E-state index in [2.05, 4.69) is 9.80 Å². The van der Waals surface area contributed by atoms with Crippen molar-refractivity contribution in [1.29, 1.82) is 0 Å². The highest BCUT2D eigenvalue weighted by molar-refractivity contribution is 5.81. The summed E-state index contributed by atoms with van der Waals surface area (Å²) in [6.07, 6.45) is 3.69. The van der Waals surface area contributed by atoms with E-state index in [1.807, 2.05) is 14.1 Å². The highest BCUT2D eigenvalue weighted by Crippen LogP contribution is 2.02. The molecule has 0 unspecified atom stereocenters. The number of carbonyl (C=O) groups excluding carboxylic acids is 2. The first kappa shape index (κ1) is 13.3. The summed E-state index contributed by atoms with van der Waals surface area (Å²) >= 11 is 0. The predicted octanol–water partition coefficient (Wildman–Crippen LogP) is 0.562. The summed E-state index contributed by atoms with van der Waals surface area (Å²) in [6, 6.07) is 0. The molecule has 0 aromatic carbocycles. The number of Topliss-reactive ketones (excluding diaryl/α,β-unsaturated/α-hetero) is 2. The van der Waals surface area contributed by atoms with Crippen LogP contribution in [-0.2, 0) is 9.59 Å². The monoisotopic (exact) mass is 226 g/mol. The lowest BCUT2D eigenvalue weighted by Crippen LogP contribution is -2.31. The van der Waals surface area contributed by atoms with Crippen molar-refractivity contribution in [3.63, 3.8) is 0 Å². The minimum absolute atomic E-state index is 0.388. The van der Waals surface area contributed by atoms with Gasteiger partial charge in [0.05, 0.1) is 13.1 Å². The summed E-state index contributed by atoms with van der Waals surface area (Å²) in [5, 5.41) is 0. The molecule has 0 bridgehead atoms. The Labute approximate surface area is 97.6 Å². The van der Waals surface area contributed by atoms with Gasteiger partial charge in [-0.15, -0.1) is 0 Å². The van der Waals surface area contributed by atoms with Gasteiger partial charge < -0.3 is 0 Å². The standard InChI is InChI=1S/2C6H11NO/c2*1-7-4-2-3-6(8)5-7/h2*2-5H2,1H3. The fourth-order valence-corrected chi connectivity index (χ4v) is 2.01. The number of hydrogen-bond acceptors (Lipinski definition) is 4. The average Bonchev–Trinajstić information content (AvgIpc) is 2.17. The molecule has 2 saturated heterocycles. The van der Waals surface area contributed by atoms with Gasteiger partial charge in [-0.1, -0.05) is 0 Å². The first-order valence-electron chi connectivity index (χ1n) is 5.98. The fourth-order valence-electron chi connectivity index (χ4n) is 2.01. The second-order valence-electron chi connectivity index (χ2n) is 4.76. The quantitative estimate of drug-likeness (QED) is 0.605. The predicted molar refractivity (Wildman–Crippen MR) is 63.5 cm³/mol. The van der Waals surface area contributed by atoms with Crippen molar-refractivity contribution in [1.82, 2.24) is 9.80 Å². The Kier molecular flexibility index (Phi) is 5.63. The van der Waals surface area contributed by atoms with Gasteiger partial charge in [0.1, 0.15) is 11.6 Å². The SMILES string of the molecule is CN1CCCC(=O)C1.CN1CCCC(=O)C1. The molecule has 0 aliphatic carbocycles. The molecule has 2 rings (SSSR count). The molecule has 0 amide bonds. The van der Waals surface area contributed by atoms with Crippen molar-refractivity contribution < 1.29 is 9.59 Å². The molecule has 92 valence electrons. The van der Waals surface area contributed by atoms with E-state index in [9.17, 15) is 9.59 Å². The zero-order valence-electron chi connectivity index (χ0n) is 10.4. The third-order valence-corrected chi connectivity index (χ3v) is 2.88. The van der Waals surface area contributed by atoms with E-state index < -0.39 is 0 Å². The van der Waals surface area contributed by atoms with Crippen LogP contribution in [0.3, 0.4) is 0 Å². The lowest BCUT2D eigenvalue weighted by atomic mass is 10.1. The van der Waals surface area contributed by atoms with Crippen LogP contribution in [-0.4, -0.2) is 61.6 Å². The Morgan fingerprint density at radius 1 is 0.812 bits per heavy atom. The largest absolute Gasteiger partial charge is 0.299 e. The van der Waals surface area contributed by atoms with Gasteiger partial charge >= 0.3 is 0 Å². The highest BCUT2D eigenvalue weighted by Gasteiger charge is 2.12. The molecule has 16 heavy (non-hydrogen) atoms. The minimum atomic E-state index is 0.388. The Hall–Kier alpha value is -0.740. The smallest absolute Gasteiger partial charge is 0.146 e. The molecule has 0 radical (unpaired) electrons. The van der Waals surface area contributed by atoms with Gasteiger partial charge in [-0.3, -0.25) is 19.4 Å². The zero-order valence-corrected chi connectivity index (χ0v) is 10.4. The Bertz CT molecular complexity index is 227. The van der Waals surface area contributed by atoms with Crippen LogP contribution in [0.1, 0.15) is 25.7 Å². The van der Waals surface area contributed by atoms with E-state index in [1.165, 1.54) is 0 Å². The van der Waals surface area contributed by atoms with Crippen molar-refractivity contribution in [2.45, 2.75) is 25.7 Å². The van der Waals surface area contributed by atoms with E-state index in [4.69, 9.17) is 0 Å². The molecular weight excluding hydrogens is 204 g/mol. The van der Waals surface area contributed by atoms with Crippen LogP contribution < -0.4 is 0 Å². The second kappa shape index (κ2) is 6.76. The molecule has 2 fully saturated rings. The van der Waals surface area contributed by atoms with Gasteiger partial charge in [0, 0.05) is 12.8 Å². The maximum absolute atomic E-state index is 10.6. The highest BCUT2D eigenvalue weighted by atomic mass is 16.1. The van der Waals surface area contributed by atoms with Crippen LogP contribution in [0.15, 0.2) is 0 Å². The Morgan fingerprint density at radius 3 is 1.38 bits per heavy atom. The number of likely N-dealkylation sites (N-methyl/N-ethyl adjacent to an activating group) is 2. The Morgan fingerprint density at radius 2 is 1.19 bits per heavy atom. The van der Waals surface area contributed by atoms with Gasteiger partial charge in [-0.2, -0.15) is 0 Å². The number of piperidine rings is 2. The summed E-state index contributed by atoms with van der Waals surface area (Å²) in [6.45, 7) is 3.51. The minimum Gasteiger partial charge on any atom is -0.299 e. The number of likely N-dealkylation sites (tertiary alicyclic amines) is 2. The third kappa shape index (κ3) is 5.37. The van der Waals surface area contributed by atoms with E-state index in [0.717, 1.165) is 38.8 Å². The van der Waals surface area contributed by atoms with Crippen molar-refractivity contribution in [2.24, 2.45) is 0 Å². The zero-order chi connectivity index (χ0) is 12.0. The molecule has 0 spiro atoms. The van der Waals surface area contributed by atoms with Crippen LogP contribution >= 0.6 is 0 Å². The molecular formula is C12H22N2O2. The summed E-state index contributed by atoms with van der Waals surface area (Å²) in [5.41, 5.74) is 0. The van der Waals surface area contributed by atoms with Gasteiger partial charge in [0.15, 0.2) is 0 Å². The summed E-state index contributed by atoms with van der Waals surface area (Å²) in [5.74, 6) is 0.775. The number of hydrogen-bond donors (Lipinski definition) is 0. The summed E-state index contributed by atoms with van der Waals surface area (Å²) < 4.78 is 0. The van der Waals surface area contributed by atoms with Gasteiger partial charge in [-0.25, -0.2) is 0 Å². The fraction of sp³-hybridized carbons (Fsp3) is 0.833. The van der Waals surface area contributed by atoms with Gasteiger partial charge in [0.25, 0.3) is 0 Å². The molecule has 2 heterocycles. The van der Waals surface area contributed by atoms with Crippen LogP contribution in [0.2, 0.25) is 0 Å². The van der Waals surface area contributed by atoms with Crippen LogP contribution in [0.4, 0.5) is 0 Å². The summed E-state index contributed by atoms with van der Waals surface area (Å²) in [4.78, 5) is 25.4. The van der Waals surface area contributed by atoms with Crippen LogP contribution in [0.25, 0.3) is 0 Å². The maximum atomic E-state index is 10.6. The number of nitrogens with zero attached hydrogens (tertiary/aromatic N) is 2. The number of rotatable bonds is 0. The molecule has 0 N–H and O–H groups in total. The van der Waals surface area contributed by atoms with Crippen molar-refractivity contribution in [3.8, 4) is 0 Å². The topological polar surface area (TPSA) is 40.6 Å². The van der Waals surface area contributed by atoms with Crippen LogP contribution in [0, 0.1) is 0 Å². The van der Waals surface area contributed by atoms with E-state index >= 15 is 0 Å². The van der Waals surface area contributed by atoms with Crippen LogP contribution in [0.5, 0.6) is 0 Å². The number of carbonyl (C=O) groups is 2. The molecule has 4 heteroatoms. The molecule has 0 atom stereocenters. The van der Waals surface area contributed by atoms with E-state index in [0.29, 0.717) is 24.7 Å². The van der Waals surface area contributed by atoms with Gasteiger partial charge in [-0.05, 0) is 40.0 Å². The molecule has 2 aliphatic heterocycles. The normalized spacial score (nSPS) is 23.9. The maximum Gasteiger partial charge on any atom is 0.146 e. The lowest BCUT2D eigenvalue weighted by Gasteiger charge is -2.19. The average molecular weight is 226 g/mol. The van der Waals surface area contributed by atoms with Gasteiger partial charge in [0.2, 0.25) is 0 Å². The van der Waals surface area contributed by atoms with Crippen molar-refractivity contribution >= 4 is 11.6 Å². The van der Waals surface area contributed by atoms with E-state index in [-0.39, 0.29) is 0 Å². The third-order valence-electron chi connectivity index (χ3n) is 2.88. The van der Waals surface area contributed by atoms with Crippen molar-refractivity contribution in [3.05, 3.63) is 0 Å². The number of ketones is 2. The summed E-state index contributed by atoms with van der Waals surface area (Å²) in [7, 11) is 3.97. The first-order chi connectivity index (χ1) is 7.58. The molecule has 0 aromatic rings. The first-order valence-corrected chi connectivity index (χ1v) is 5.98. The Balaban J connectivity index is 0.000000160. The lowest BCUT2D eigenvalue weighted by molar-refractivity contribution is -0.122. The molecule has 0 aromatic heterocycles. The molecule has 2 aliphatic rings. The molecule has 0 saturated carbocycles. The second-order valence-corrected chi connectivity index (χ2v) is 4.76. The molecule has 4 nitrogen and oxygen atoms in total. The van der Waals surface area contributed by atoms with E-state index in [1.54, 1.807) is 0 Å². The van der Waals surface area contributed by atoms with Crippen molar-refractivity contribution in [2.75, 3.05) is 40.3 Å².